The summed E-state index contributed by atoms with van der Waals surface area (Å²) in [7, 11) is 1.56. The fourth-order valence-corrected chi connectivity index (χ4v) is 8.24. The Kier molecular flexibility index (Phi) is 7.45. The first-order valence-electron chi connectivity index (χ1n) is 15.2. The molecule has 2 aliphatic carbocycles. The molecule has 0 unspecified atom stereocenters. The van der Waals surface area contributed by atoms with Gasteiger partial charge in [0.1, 0.15) is 16.9 Å². The van der Waals surface area contributed by atoms with E-state index in [0.29, 0.717) is 77.4 Å². The van der Waals surface area contributed by atoms with Crippen molar-refractivity contribution in [1.29, 1.82) is 5.41 Å². The van der Waals surface area contributed by atoms with Crippen LogP contribution in [0.5, 0.6) is 5.88 Å². The Hall–Kier alpha value is -3.19. The van der Waals surface area contributed by atoms with Gasteiger partial charge in [-0.05, 0) is 81.5 Å². The van der Waals surface area contributed by atoms with Crippen molar-refractivity contribution in [1.82, 2.24) is 18.9 Å². The van der Waals surface area contributed by atoms with Crippen LogP contribution in [0.25, 0.3) is 0 Å². The van der Waals surface area contributed by atoms with Crippen LogP contribution < -0.4 is 17.0 Å². The zero-order chi connectivity index (χ0) is 29.8. The number of nitrogens with one attached hydrogen (secondary N) is 1. The molecule has 3 aliphatic heterocycles. The van der Waals surface area contributed by atoms with E-state index in [2.05, 4.69) is 0 Å². The van der Waals surface area contributed by atoms with Crippen LogP contribution in [0.1, 0.15) is 75.8 Å². The van der Waals surface area contributed by atoms with Gasteiger partial charge in [0.2, 0.25) is 5.88 Å². The smallest absolute Gasteiger partial charge is 0.334 e. The second-order valence-electron chi connectivity index (χ2n) is 13.2. The van der Waals surface area contributed by atoms with Crippen molar-refractivity contribution >= 4 is 17.8 Å². The topological polar surface area (TPSA) is 173 Å². The largest absolute Gasteiger partial charge is 0.494 e. The fourth-order valence-electron chi connectivity index (χ4n) is 8.24. The molecule has 6 rings (SSSR count). The Balaban J connectivity index is 1.21. The summed E-state index contributed by atoms with van der Waals surface area (Å²) < 4.78 is 13.3. The second kappa shape index (κ2) is 10.8. The molecule has 4 N–H and O–H groups in total. The van der Waals surface area contributed by atoms with Gasteiger partial charge in [-0.2, -0.15) is 0 Å². The molecular formula is C29H42N6O7. The summed E-state index contributed by atoms with van der Waals surface area (Å²) in [4.78, 5) is 56.7. The van der Waals surface area contributed by atoms with Crippen molar-refractivity contribution in [3.63, 3.8) is 0 Å². The molecule has 3 amide bonds. The van der Waals surface area contributed by atoms with Crippen LogP contribution in [0.15, 0.2) is 9.59 Å². The normalized spacial score (nSPS) is 30.8. The van der Waals surface area contributed by atoms with E-state index in [-0.39, 0.29) is 35.4 Å². The standard InChI is InChI=1S/C29H42N6O7/c1-32-25(38)29(34(26(32)39)15-19-6-12-42-13-7-19)16-28(17-29)8-2-20(3-9-28)35-24(37)21(22(30)31)23(36)33(27(35)40)14-18-4-10-41-11-5-18/h18-20,36H,2-17H2,1H3,(H3,30,31). The minimum atomic E-state index is -0.815. The van der Waals surface area contributed by atoms with Crippen molar-refractivity contribution in [3.05, 3.63) is 26.4 Å². The predicted molar refractivity (Wildman–Crippen MR) is 152 cm³/mol. The average molecular weight is 587 g/mol. The van der Waals surface area contributed by atoms with Gasteiger partial charge in [0, 0.05) is 52.6 Å². The van der Waals surface area contributed by atoms with Crippen LogP contribution in [0.4, 0.5) is 4.79 Å². The number of carbonyl (C=O) groups excluding carboxylic acids is 2. The Morgan fingerprint density at radius 1 is 0.929 bits per heavy atom. The SMILES string of the molecule is CN1C(=O)N(CC2CCOCC2)C2(CC3(CCC(n4c(=O)c(C(=N)N)c(O)n(CC5CCOCC5)c4=O)CC3)C2)C1=O. The van der Waals surface area contributed by atoms with Gasteiger partial charge >= 0.3 is 11.7 Å². The maximum Gasteiger partial charge on any atom is 0.334 e. The fraction of sp³-hybridized carbons (Fsp3) is 0.759. The number of nitrogens with two attached hydrogens (primary N) is 1. The lowest BCUT2D eigenvalue weighted by atomic mass is 9.51. The number of rotatable bonds is 6. The number of imide groups is 1. The number of hydrogen-bond donors (Lipinski definition) is 3. The van der Waals surface area contributed by atoms with Crippen molar-refractivity contribution in [2.45, 2.75) is 82.3 Å². The van der Waals surface area contributed by atoms with Gasteiger partial charge in [-0.1, -0.05) is 0 Å². The lowest BCUT2D eigenvalue weighted by molar-refractivity contribution is -0.150. The Morgan fingerprint density at radius 3 is 2.02 bits per heavy atom. The van der Waals surface area contributed by atoms with Crippen molar-refractivity contribution < 1.29 is 24.2 Å². The maximum atomic E-state index is 13.7. The summed E-state index contributed by atoms with van der Waals surface area (Å²) in [6, 6.07) is -0.638. The van der Waals surface area contributed by atoms with Gasteiger partial charge in [-0.15, -0.1) is 0 Å². The number of nitrogens with zero attached hydrogens (tertiary/aromatic N) is 4. The van der Waals surface area contributed by atoms with E-state index in [1.54, 1.807) is 11.9 Å². The monoisotopic (exact) mass is 586 g/mol. The van der Waals surface area contributed by atoms with Gasteiger partial charge in [0.15, 0.2) is 0 Å². The van der Waals surface area contributed by atoms with Gasteiger partial charge in [0.05, 0.1) is 0 Å². The highest BCUT2D eigenvalue weighted by atomic mass is 16.5. The first-order valence-corrected chi connectivity index (χ1v) is 15.2. The molecule has 1 aromatic rings. The van der Waals surface area contributed by atoms with Crippen LogP contribution in [-0.2, 0) is 20.8 Å². The molecule has 230 valence electrons. The van der Waals surface area contributed by atoms with E-state index < -0.39 is 34.5 Å². The molecule has 0 aromatic carbocycles. The van der Waals surface area contributed by atoms with Crippen LogP contribution in [0.3, 0.4) is 0 Å². The third kappa shape index (κ3) is 4.64. The van der Waals surface area contributed by atoms with E-state index in [0.717, 1.165) is 25.7 Å². The second-order valence-corrected chi connectivity index (χ2v) is 13.2. The highest BCUT2D eigenvalue weighted by molar-refractivity contribution is 6.07. The number of carbonyl (C=O) groups is 2. The molecule has 4 heterocycles. The van der Waals surface area contributed by atoms with Gasteiger partial charge in [0.25, 0.3) is 11.5 Å². The summed E-state index contributed by atoms with van der Waals surface area (Å²) in [5.74, 6) is -0.844. The van der Waals surface area contributed by atoms with Crippen molar-refractivity contribution in [2.24, 2.45) is 23.0 Å². The molecule has 0 atom stereocenters. The molecule has 1 aromatic heterocycles. The lowest BCUT2D eigenvalue weighted by Gasteiger charge is -2.58. The van der Waals surface area contributed by atoms with Crippen molar-refractivity contribution in [2.75, 3.05) is 40.0 Å². The van der Waals surface area contributed by atoms with Crippen molar-refractivity contribution in [3.8, 4) is 5.88 Å². The molecule has 0 radical (unpaired) electrons. The van der Waals surface area contributed by atoms with Gasteiger partial charge in [-0.3, -0.25) is 29.0 Å². The number of aromatic nitrogens is 2. The summed E-state index contributed by atoms with van der Waals surface area (Å²) in [5, 5.41) is 18.8. The van der Waals surface area contributed by atoms with Gasteiger partial charge < -0.3 is 25.2 Å². The predicted octanol–water partition coefficient (Wildman–Crippen LogP) is 1.38. The Labute approximate surface area is 244 Å². The molecule has 2 saturated carbocycles. The van der Waals surface area contributed by atoms with Gasteiger partial charge in [-0.25, -0.2) is 9.59 Å². The molecule has 0 bridgehead atoms. The number of nitrogen functional groups attached to an aromatic ring is 1. The number of urea groups is 1. The summed E-state index contributed by atoms with van der Waals surface area (Å²) in [5.41, 5.74) is 3.10. The highest BCUT2D eigenvalue weighted by Crippen LogP contribution is 2.62. The first-order chi connectivity index (χ1) is 20.1. The van der Waals surface area contributed by atoms with E-state index in [9.17, 15) is 24.3 Å². The third-order valence-electron chi connectivity index (χ3n) is 10.6. The molecule has 3 saturated heterocycles. The molecule has 5 aliphatic rings. The lowest BCUT2D eigenvalue weighted by Crippen LogP contribution is -2.64. The molecule has 5 fully saturated rings. The molecule has 13 nitrogen and oxygen atoms in total. The van der Waals surface area contributed by atoms with E-state index in [1.165, 1.54) is 14.0 Å². The number of amides is 3. The summed E-state index contributed by atoms with van der Waals surface area (Å²) in [6.07, 6.45) is 6.89. The number of aromatic hydroxyl groups is 1. The molecular weight excluding hydrogens is 544 g/mol. The van der Waals surface area contributed by atoms with Crippen LogP contribution in [0, 0.1) is 22.7 Å². The molecule has 2 spiro atoms. The van der Waals surface area contributed by atoms with Crippen LogP contribution in [-0.4, -0.2) is 87.4 Å². The average Bonchev–Trinajstić information content (AvgIpc) is 3.13. The number of amidine groups is 1. The zero-order valence-corrected chi connectivity index (χ0v) is 24.3. The number of hydrogen-bond acceptors (Lipinski definition) is 8. The minimum Gasteiger partial charge on any atom is -0.494 e. The highest BCUT2D eigenvalue weighted by Gasteiger charge is 2.68. The number of ether oxygens (including phenoxy) is 2. The van der Waals surface area contributed by atoms with E-state index >= 15 is 0 Å². The quantitative estimate of drug-likeness (QED) is 0.255. The summed E-state index contributed by atoms with van der Waals surface area (Å²) >= 11 is 0. The Morgan fingerprint density at radius 2 is 1.48 bits per heavy atom. The van der Waals surface area contributed by atoms with E-state index in [4.69, 9.17) is 20.6 Å². The maximum absolute atomic E-state index is 13.7. The van der Waals surface area contributed by atoms with E-state index in [1.807, 2.05) is 0 Å². The zero-order valence-electron chi connectivity index (χ0n) is 24.3. The van der Waals surface area contributed by atoms with Crippen LogP contribution in [0.2, 0.25) is 0 Å². The Bertz CT molecular complexity index is 1370. The molecule has 13 heteroatoms. The minimum absolute atomic E-state index is 0.0998. The number of likely N-dealkylation sites (N-methyl/N-ethyl adjacent to an activating group) is 1. The summed E-state index contributed by atoms with van der Waals surface area (Å²) in [6.45, 7) is 3.27. The molecule has 42 heavy (non-hydrogen) atoms. The first kappa shape index (κ1) is 28.9. The van der Waals surface area contributed by atoms with Crippen LogP contribution >= 0.6 is 0 Å². The third-order valence-corrected chi connectivity index (χ3v) is 10.6.